The van der Waals surface area contributed by atoms with Crippen LogP contribution < -0.4 is 0 Å². The zero-order valence-electron chi connectivity index (χ0n) is 9.32. The zero-order valence-corrected chi connectivity index (χ0v) is 11.5. The molecule has 0 aliphatic rings. The summed E-state index contributed by atoms with van der Waals surface area (Å²) in [6.45, 7) is 3.00. The number of nitrogens with one attached hydrogen (secondary N) is 2. The Kier molecular flexibility index (Phi) is 5.01. The predicted octanol–water partition coefficient (Wildman–Crippen LogP) is 1.83. The van der Waals surface area contributed by atoms with E-state index in [-0.39, 0.29) is 11.6 Å². The van der Waals surface area contributed by atoms with Crippen molar-refractivity contribution in [3.05, 3.63) is 33.4 Å². The second kappa shape index (κ2) is 6.28. The minimum absolute atomic E-state index is 0.0162. The monoisotopic (exact) mass is 346 g/mol. The Morgan fingerprint density at radius 3 is 2.12 bits per heavy atom. The van der Waals surface area contributed by atoms with E-state index in [9.17, 15) is 9.59 Å². The topological polar surface area (TPSA) is 91.5 Å². The van der Waals surface area contributed by atoms with Crippen LogP contribution in [0.3, 0.4) is 0 Å². The number of carbonyl (C=O) groups is 2. The van der Waals surface area contributed by atoms with Crippen LogP contribution in [0.15, 0.2) is 18.5 Å². The van der Waals surface area contributed by atoms with E-state index >= 15 is 0 Å². The van der Waals surface area contributed by atoms with Crippen molar-refractivity contribution in [1.29, 1.82) is 0 Å². The summed E-state index contributed by atoms with van der Waals surface area (Å²) in [6.07, 6.45) is 3.17. The number of halogens is 1. The van der Waals surface area contributed by atoms with Gasteiger partial charge in [0.25, 0.3) is 0 Å². The molecule has 0 aliphatic heterocycles. The molecule has 0 aliphatic carbocycles. The molecule has 2 heterocycles. The van der Waals surface area contributed by atoms with Crippen molar-refractivity contribution in [3.8, 4) is 0 Å². The lowest BCUT2D eigenvalue weighted by atomic mass is 10.3. The van der Waals surface area contributed by atoms with E-state index in [1.807, 2.05) is 0 Å². The van der Waals surface area contributed by atoms with Crippen LogP contribution in [-0.4, -0.2) is 32.0 Å². The summed E-state index contributed by atoms with van der Waals surface area (Å²) in [5, 5.41) is 12.4. The fraction of sp³-hybridized carbons (Fsp3) is 0.200. The van der Waals surface area contributed by atoms with Crippen molar-refractivity contribution < 1.29 is 9.59 Å². The fourth-order valence-electron chi connectivity index (χ4n) is 0.970. The van der Waals surface area contributed by atoms with Crippen molar-refractivity contribution in [2.24, 2.45) is 0 Å². The predicted molar refractivity (Wildman–Crippen MR) is 69.9 cm³/mol. The van der Waals surface area contributed by atoms with E-state index in [0.29, 0.717) is 11.4 Å². The van der Waals surface area contributed by atoms with Crippen LogP contribution in [0.25, 0.3) is 0 Å². The van der Waals surface area contributed by atoms with Gasteiger partial charge in [-0.15, -0.1) is 0 Å². The Hall–Kier alpha value is -1.51. The van der Waals surface area contributed by atoms with E-state index in [2.05, 4.69) is 43.0 Å². The van der Waals surface area contributed by atoms with Gasteiger partial charge in [0.05, 0.1) is 9.77 Å². The molecule has 0 saturated heterocycles. The van der Waals surface area contributed by atoms with Gasteiger partial charge >= 0.3 is 0 Å². The summed E-state index contributed by atoms with van der Waals surface area (Å²) < 4.78 is 0.875. The molecule has 0 spiro atoms. The number of hydrogen-bond donors (Lipinski definition) is 2. The van der Waals surface area contributed by atoms with Gasteiger partial charge in [-0.2, -0.15) is 10.2 Å². The van der Waals surface area contributed by atoms with Gasteiger partial charge in [-0.25, -0.2) is 0 Å². The Morgan fingerprint density at radius 1 is 1.18 bits per heavy atom. The largest absolute Gasteiger partial charge is 0.293 e. The number of rotatable bonds is 2. The number of carbonyl (C=O) groups excluding carboxylic acids is 2. The van der Waals surface area contributed by atoms with E-state index < -0.39 is 0 Å². The molecule has 2 N–H and O–H groups in total. The number of aromatic amines is 2. The molecule has 0 unspecified atom stereocenters. The van der Waals surface area contributed by atoms with Gasteiger partial charge in [0, 0.05) is 20.0 Å². The number of H-pyrrole nitrogens is 2. The first-order valence-corrected chi connectivity index (χ1v) is 5.80. The number of hydrogen-bond acceptors (Lipinski definition) is 4. The minimum Gasteiger partial charge on any atom is -0.293 e. The molecule has 0 radical (unpaired) electrons. The normalized spacial score (nSPS) is 9.35. The molecule has 90 valence electrons. The molecule has 7 heteroatoms. The maximum Gasteiger partial charge on any atom is 0.178 e. The molecule has 2 aromatic rings. The highest BCUT2D eigenvalue weighted by Gasteiger charge is 2.04. The van der Waals surface area contributed by atoms with Gasteiger partial charge in [-0.05, 0) is 28.7 Å². The SMILES string of the molecule is CC(=O)c1[nH]ncc1I.CC(=O)c1ccn[nH]1. The summed E-state index contributed by atoms with van der Waals surface area (Å²) in [7, 11) is 0. The van der Waals surface area contributed by atoms with Crippen molar-refractivity contribution >= 4 is 34.2 Å². The third-order valence-corrected chi connectivity index (χ3v) is 2.64. The second-order valence-corrected chi connectivity index (χ2v) is 4.34. The molecule has 0 fully saturated rings. The lowest BCUT2D eigenvalue weighted by molar-refractivity contribution is 0.1000. The summed E-state index contributed by atoms with van der Waals surface area (Å²) in [6, 6.07) is 1.64. The average Bonchev–Trinajstić information content (AvgIpc) is 2.87. The molecule has 0 aromatic carbocycles. The Bertz CT molecular complexity index is 504. The Balaban J connectivity index is 0.000000171. The van der Waals surface area contributed by atoms with Crippen LogP contribution in [0.4, 0.5) is 0 Å². The van der Waals surface area contributed by atoms with Crippen LogP contribution in [0.2, 0.25) is 0 Å². The van der Waals surface area contributed by atoms with Gasteiger partial charge in [-0.1, -0.05) is 0 Å². The smallest absolute Gasteiger partial charge is 0.178 e. The molecule has 2 rings (SSSR count). The third kappa shape index (κ3) is 4.10. The molecule has 17 heavy (non-hydrogen) atoms. The molecular formula is C10H11IN4O2. The second-order valence-electron chi connectivity index (χ2n) is 3.18. The highest BCUT2D eigenvalue weighted by molar-refractivity contribution is 14.1. The van der Waals surface area contributed by atoms with Gasteiger partial charge in [-0.3, -0.25) is 19.8 Å². The molecule has 0 amide bonds. The number of aromatic nitrogens is 4. The molecule has 6 nitrogen and oxygen atoms in total. The van der Waals surface area contributed by atoms with Crippen LogP contribution in [-0.2, 0) is 0 Å². The molecule has 2 aromatic heterocycles. The Morgan fingerprint density at radius 2 is 1.88 bits per heavy atom. The standard InChI is InChI=1S/C5H5IN2O.C5H6N2O/c1-3(9)5-4(6)2-7-8-5;1-4(8)5-2-3-6-7-5/h2H,1H3,(H,7,8);2-3H,1H3,(H,6,7). The van der Waals surface area contributed by atoms with E-state index in [1.165, 1.54) is 13.8 Å². The molecule has 0 bridgehead atoms. The maximum absolute atomic E-state index is 10.7. The van der Waals surface area contributed by atoms with Gasteiger partial charge in [0.15, 0.2) is 11.6 Å². The third-order valence-electron chi connectivity index (χ3n) is 1.83. The van der Waals surface area contributed by atoms with Crippen molar-refractivity contribution in [3.63, 3.8) is 0 Å². The first-order chi connectivity index (χ1) is 8.02. The summed E-state index contributed by atoms with van der Waals surface area (Å²) in [5.41, 5.74) is 1.15. The summed E-state index contributed by atoms with van der Waals surface area (Å²) in [4.78, 5) is 21.1. The van der Waals surface area contributed by atoms with Gasteiger partial charge in [0.1, 0.15) is 11.4 Å². The van der Waals surface area contributed by atoms with Gasteiger partial charge in [0.2, 0.25) is 0 Å². The summed E-state index contributed by atoms with van der Waals surface area (Å²) in [5.74, 6) is 0.0411. The quantitative estimate of drug-likeness (QED) is 0.641. The molecular weight excluding hydrogens is 335 g/mol. The van der Waals surface area contributed by atoms with Gasteiger partial charge < -0.3 is 0 Å². The first-order valence-electron chi connectivity index (χ1n) is 4.72. The molecule has 0 saturated carbocycles. The van der Waals surface area contributed by atoms with Crippen molar-refractivity contribution in [2.45, 2.75) is 13.8 Å². The number of Topliss-reactive ketones (excluding diaryl/α,β-unsaturated/α-hetero) is 2. The maximum atomic E-state index is 10.7. The Labute approximate surface area is 111 Å². The van der Waals surface area contributed by atoms with E-state index in [1.54, 1.807) is 18.5 Å². The first kappa shape index (κ1) is 13.6. The highest BCUT2D eigenvalue weighted by Crippen LogP contribution is 2.07. The lowest BCUT2D eigenvalue weighted by Crippen LogP contribution is -1.93. The van der Waals surface area contributed by atoms with E-state index in [4.69, 9.17) is 0 Å². The minimum atomic E-state index is 0.0162. The van der Waals surface area contributed by atoms with Crippen LogP contribution >= 0.6 is 22.6 Å². The van der Waals surface area contributed by atoms with Crippen molar-refractivity contribution in [2.75, 3.05) is 0 Å². The van der Waals surface area contributed by atoms with Crippen LogP contribution in [0, 0.1) is 3.57 Å². The lowest BCUT2D eigenvalue weighted by Gasteiger charge is -1.85. The number of ketones is 2. The van der Waals surface area contributed by atoms with Crippen LogP contribution in [0.1, 0.15) is 34.8 Å². The fourth-order valence-corrected chi connectivity index (χ4v) is 1.61. The van der Waals surface area contributed by atoms with Crippen molar-refractivity contribution in [1.82, 2.24) is 20.4 Å². The summed E-state index contributed by atoms with van der Waals surface area (Å²) >= 11 is 2.06. The number of nitrogens with zero attached hydrogens (tertiary/aromatic N) is 2. The van der Waals surface area contributed by atoms with E-state index in [0.717, 1.165) is 3.57 Å². The molecule has 0 atom stereocenters. The van der Waals surface area contributed by atoms with Crippen LogP contribution in [0.5, 0.6) is 0 Å². The zero-order chi connectivity index (χ0) is 12.8. The highest BCUT2D eigenvalue weighted by atomic mass is 127. The average molecular weight is 346 g/mol.